The van der Waals surface area contributed by atoms with Gasteiger partial charge in [-0.2, -0.15) is 14.4 Å². The minimum absolute atomic E-state index is 0.0136. The summed E-state index contributed by atoms with van der Waals surface area (Å²) in [5, 5.41) is 17.0. The minimum Gasteiger partial charge on any atom is -0.444 e. The second-order valence-corrected chi connectivity index (χ2v) is 11.9. The second kappa shape index (κ2) is 9.10. The van der Waals surface area contributed by atoms with Crippen molar-refractivity contribution in [2.24, 2.45) is 0 Å². The van der Waals surface area contributed by atoms with E-state index in [1.165, 1.54) is 6.20 Å². The number of alkyl carbamates (subject to hydrolysis) is 1. The Hall–Kier alpha value is -3.08. The van der Waals surface area contributed by atoms with Crippen LogP contribution < -0.4 is 5.32 Å². The van der Waals surface area contributed by atoms with Gasteiger partial charge in [-0.05, 0) is 39.0 Å². The van der Waals surface area contributed by atoms with Crippen molar-refractivity contribution in [3.63, 3.8) is 0 Å². The zero-order valence-corrected chi connectivity index (χ0v) is 21.1. The molecular formula is C23H27F2N5O5S. The predicted molar refractivity (Wildman–Crippen MR) is 123 cm³/mol. The molecule has 1 fully saturated rings. The molecule has 4 rings (SSSR count). The van der Waals surface area contributed by atoms with Crippen molar-refractivity contribution in [2.45, 2.75) is 63.6 Å². The van der Waals surface area contributed by atoms with Gasteiger partial charge in [0.1, 0.15) is 28.9 Å². The fraction of sp³-hybridized carbons (Fsp3) is 0.522. The van der Waals surface area contributed by atoms with E-state index in [9.17, 15) is 27.3 Å². The van der Waals surface area contributed by atoms with Crippen molar-refractivity contribution in [3.8, 4) is 6.07 Å². The summed E-state index contributed by atoms with van der Waals surface area (Å²) in [5.74, 6) is -1.38. The summed E-state index contributed by atoms with van der Waals surface area (Å²) in [6.07, 6.45) is 0.590. The van der Waals surface area contributed by atoms with E-state index in [0.717, 1.165) is 28.5 Å². The van der Waals surface area contributed by atoms with Crippen LogP contribution in [-0.4, -0.2) is 58.6 Å². The van der Waals surface area contributed by atoms with Gasteiger partial charge in [0.2, 0.25) is 0 Å². The number of halogens is 2. The molecule has 1 saturated heterocycles. The van der Waals surface area contributed by atoms with Crippen LogP contribution >= 0.6 is 0 Å². The average molecular weight is 524 g/mol. The van der Waals surface area contributed by atoms with Gasteiger partial charge < -0.3 is 14.8 Å². The number of nitrogens with zero attached hydrogens (tertiary/aromatic N) is 4. The number of nitriles is 1. The third kappa shape index (κ3) is 5.21. The van der Waals surface area contributed by atoms with Crippen molar-refractivity contribution in [1.82, 2.24) is 19.4 Å². The Morgan fingerprint density at radius 3 is 2.67 bits per heavy atom. The predicted octanol–water partition coefficient (Wildman–Crippen LogP) is 2.60. The lowest BCUT2D eigenvalue weighted by Gasteiger charge is -2.45. The molecule has 0 radical (unpaired) electrons. The number of carbonyl (C=O) groups excluding carboxylic acids is 1. The summed E-state index contributed by atoms with van der Waals surface area (Å²) in [6.45, 7) is 5.29. The summed E-state index contributed by atoms with van der Waals surface area (Å²) in [6, 6.07) is 4.29. The fourth-order valence-electron chi connectivity index (χ4n) is 4.47. The van der Waals surface area contributed by atoms with Gasteiger partial charge in [-0.3, -0.25) is 4.90 Å². The number of ether oxygens (including phenoxy) is 2. The fourth-order valence-corrected chi connectivity index (χ4v) is 5.03. The van der Waals surface area contributed by atoms with Gasteiger partial charge in [0.15, 0.2) is 0 Å². The van der Waals surface area contributed by atoms with Gasteiger partial charge in [-0.1, -0.05) is 0 Å². The Morgan fingerprint density at radius 1 is 1.33 bits per heavy atom. The number of rotatable bonds is 4. The van der Waals surface area contributed by atoms with E-state index < -0.39 is 51.0 Å². The minimum atomic E-state index is -3.56. The molecule has 194 valence electrons. The molecule has 0 bridgehead atoms. The monoisotopic (exact) mass is 523 g/mol. The highest BCUT2D eigenvalue weighted by Crippen LogP contribution is 2.40. The average Bonchev–Trinajstić information content (AvgIpc) is 3.34. The van der Waals surface area contributed by atoms with Gasteiger partial charge in [-0.15, -0.1) is 0 Å². The Morgan fingerprint density at radius 2 is 2.06 bits per heavy atom. The van der Waals surface area contributed by atoms with Crippen LogP contribution in [0.2, 0.25) is 0 Å². The molecule has 2 aliphatic rings. The molecule has 0 aliphatic carbocycles. The molecule has 1 unspecified atom stereocenters. The molecular weight excluding hydrogens is 496 g/mol. The first-order valence-corrected chi connectivity index (χ1v) is 13.1. The number of fused-ring (bicyclic) bond motifs is 1. The molecule has 2 aromatic rings. The molecule has 10 nitrogen and oxygen atoms in total. The first kappa shape index (κ1) is 26.0. The van der Waals surface area contributed by atoms with E-state index in [1.807, 2.05) is 0 Å². The van der Waals surface area contributed by atoms with Crippen LogP contribution in [0.3, 0.4) is 0 Å². The Balaban J connectivity index is 1.63. The first-order chi connectivity index (χ1) is 16.7. The van der Waals surface area contributed by atoms with Gasteiger partial charge in [-0.25, -0.2) is 22.0 Å². The van der Waals surface area contributed by atoms with Crippen LogP contribution in [0.5, 0.6) is 0 Å². The number of aromatic nitrogens is 2. The SMILES string of the molecule is CC(C)(C)OC(=O)N[C@H]1CC(C#N)(N2Cc3cn(S(C)(=O)=O)nc3C2)CO[C@@H]1c1cc(F)ccc1F. The second-order valence-electron chi connectivity index (χ2n) is 10.1. The van der Waals surface area contributed by atoms with Gasteiger partial charge in [0.25, 0.3) is 10.0 Å². The van der Waals surface area contributed by atoms with E-state index >= 15 is 0 Å². The zero-order valence-electron chi connectivity index (χ0n) is 20.3. The highest BCUT2D eigenvalue weighted by molar-refractivity contribution is 7.89. The maximum Gasteiger partial charge on any atom is 0.407 e. The largest absolute Gasteiger partial charge is 0.444 e. The molecule has 13 heteroatoms. The van der Waals surface area contributed by atoms with Gasteiger partial charge in [0.05, 0.1) is 30.7 Å². The normalized spacial score (nSPS) is 24.7. The quantitative estimate of drug-likeness (QED) is 0.648. The van der Waals surface area contributed by atoms with Crippen molar-refractivity contribution < 1.29 is 31.5 Å². The van der Waals surface area contributed by atoms with Crippen LogP contribution in [0, 0.1) is 23.0 Å². The highest BCUT2D eigenvalue weighted by atomic mass is 32.2. The lowest BCUT2D eigenvalue weighted by Crippen LogP contribution is -2.59. The molecule has 0 spiro atoms. The van der Waals surface area contributed by atoms with Crippen LogP contribution in [0.25, 0.3) is 0 Å². The summed E-state index contributed by atoms with van der Waals surface area (Å²) in [4.78, 5) is 14.4. The van der Waals surface area contributed by atoms with Crippen LogP contribution in [0.15, 0.2) is 24.4 Å². The van der Waals surface area contributed by atoms with E-state index in [0.29, 0.717) is 11.3 Å². The molecule has 1 aromatic carbocycles. The number of amides is 1. The summed E-state index contributed by atoms with van der Waals surface area (Å²) in [7, 11) is -3.56. The van der Waals surface area contributed by atoms with E-state index in [-0.39, 0.29) is 31.7 Å². The molecule has 3 atom stereocenters. The highest BCUT2D eigenvalue weighted by Gasteiger charge is 2.50. The zero-order chi connectivity index (χ0) is 26.5. The number of nitrogens with one attached hydrogen (secondary N) is 1. The van der Waals surface area contributed by atoms with Crippen molar-refractivity contribution in [2.75, 3.05) is 12.9 Å². The maximum absolute atomic E-state index is 14.7. The molecule has 0 saturated carbocycles. The topological polar surface area (TPSA) is 127 Å². The summed E-state index contributed by atoms with van der Waals surface area (Å²) in [5.41, 5.74) is -1.01. The first-order valence-electron chi connectivity index (χ1n) is 11.2. The van der Waals surface area contributed by atoms with E-state index in [4.69, 9.17) is 9.47 Å². The number of hydrogen-bond donors (Lipinski definition) is 1. The smallest absolute Gasteiger partial charge is 0.407 e. The molecule has 36 heavy (non-hydrogen) atoms. The third-order valence-electron chi connectivity index (χ3n) is 6.10. The van der Waals surface area contributed by atoms with Crippen LogP contribution in [-0.2, 0) is 32.6 Å². The number of carbonyl (C=O) groups is 1. The van der Waals surface area contributed by atoms with E-state index in [1.54, 1.807) is 25.7 Å². The molecule has 1 N–H and O–H groups in total. The molecule has 3 heterocycles. The standard InChI is InChI=1S/C23H27F2N5O5S/c1-22(2,3)35-21(31)27-18-8-23(12-26,13-34-20(18)16-7-15(24)5-6-17(16)25)29-9-14-10-30(36(4,32)33)28-19(14)11-29/h5-7,10,18,20H,8-9,11,13H2,1-4H3,(H,27,31)/t18-,20+,23?/m0/s1. The Kier molecular flexibility index (Phi) is 6.57. The molecule has 1 amide bonds. The lowest BCUT2D eigenvalue weighted by atomic mass is 9.84. The molecule has 1 aromatic heterocycles. The Labute approximate surface area is 207 Å². The number of hydrogen-bond acceptors (Lipinski definition) is 8. The van der Waals surface area contributed by atoms with Crippen LogP contribution in [0.4, 0.5) is 13.6 Å². The lowest BCUT2D eigenvalue weighted by molar-refractivity contribution is -0.0889. The van der Waals surface area contributed by atoms with Crippen molar-refractivity contribution in [1.29, 1.82) is 5.26 Å². The Bertz CT molecular complexity index is 1310. The summed E-state index contributed by atoms with van der Waals surface area (Å²) < 4.78 is 64.4. The maximum atomic E-state index is 14.7. The van der Waals surface area contributed by atoms with Crippen molar-refractivity contribution in [3.05, 3.63) is 52.9 Å². The third-order valence-corrected chi connectivity index (χ3v) is 6.97. The van der Waals surface area contributed by atoms with Gasteiger partial charge in [0, 0.05) is 36.8 Å². The van der Waals surface area contributed by atoms with Crippen molar-refractivity contribution >= 4 is 16.1 Å². The molecule has 2 aliphatic heterocycles. The number of benzene rings is 1. The van der Waals surface area contributed by atoms with Gasteiger partial charge >= 0.3 is 6.09 Å². The van der Waals surface area contributed by atoms with Crippen LogP contribution in [0.1, 0.15) is 50.1 Å². The van der Waals surface area contributed by atoms with E-state index in [2.05, 4.69) is 16.5 Å². The summed E-state index contributed by atoms with van der Waals surface area (Å²) >= 11 is 0.